The highest BCUT2D eigenvalue weighted by Gasteiger charge is 2.14. The predicted octanol–water partition coefficient (Wildman–Crippen LogP) is 4.67. The third-order valence-corrected chi connectivity index (χ3v) is 5.47. The highest BCUT2D eigenvalue weighted by Crippen LogP contribution is 2.29. The number of benzene rings is 2. The summed E-state index contributed by atoms with van der Waals surface area (Å²) in [5.74, 6) is 0.597. The molecule has 0 saturated heterocycles. The number of carbonyl (C=O) groups is 1. The standard InChI is InChI=1S/C24H25ClN6O/c1-16-7-8-17(25)12-20(16)28-24-22-14-26-15-31(22)21-13-18(9-10-19(21)27-24)30(4)23(32)6-5-11-29(2)3/h5-10,12-15H,11H2,1-4H3,(H,27,28). The van der Waals surface area contributed by atoms with E-state index in [-0.39, 0.29) is 5.91 Å². The Morgan fingerprint density at radius 1 is 1.16 bits per heavy atom. The third-order valence-electron chi connectivity index (χ3n) is 5.23. The Kier molecular flexibility index (Phi) is 6.12. The first-order chi connectivity index (χ1) is 15.3. The van der Waals surface area contributed by atoms with Gasteiger partial charge in [-0.15, -0.1) is 0 Å². The number of fused-ring (bicyclic) bond motifs is 3. The first-order valence-corrected chi connectivity index (χ1v) is 10.6. The van der Waals surface area contributed by atoms with E-state index in [0.717, 1.165) is 33.5 Å². The molecule has 1 amide bonds. The van der Waals surface area contributed by atoms with Gasteiger partial charge in [-0.25, -0.2) is 9.97 Å². The smallest absolute Gasteiger partial charge is 0.250 e. The first kappa shape index (κ1) is 21.8. The first-order valence-electron chi connectivity index (χ1n) is 10.2. The number of anilines is 3. The second-order valence-electron chi connectivity index (χ2n) is 7.93. The minimum Gasteiger partial charge on any atom is -0.338 e. The van der Waals surface area contributed by atoms with Gasteiger partial charge in [0.15, 0.2) is 5.82 Å². The zero-order chi connectivity index (χ0) is 22.8. The summed E-state index contributed by atoms with van der Waals surface area (Å²) in [7, 11) is 5.68. The largest absolute Gasteiger partial charge is 0.338 e. The number of amides is 1. The Bertz CT molecular complexity index is 1330. The number of imidazole rings is 1. The molecule has 0 saturated carbocycles. The van der Waals surface area contributed by atoms with Crippen LogP contribution in [-0.4, -0.2) is 52.9 Å². The number of aromatic nitrogens is 3. The van der Waals surface area contributed by atoms with Crippen LogP contribution in [0.3, 0.4) is 0 Å². The summed E-state index contributed by atoms with van der Waals surface area (Å²) >= 11 is 6.18. The van der Waals surface area contributed by atoms with Crippen molar-refractivity contribution in [3.8, 4) is 0 Å². The molecule has 1 N–H and O–H groups in total. The summed E-state index contributed by atoms with van der Waals surface area (Å²) in [6.45, 7) is 2.72. The number of hydrogen-bond acceptors (Lipinski definition) is 5. The lowest BCUT2D eigenvalue weighted by atomic mass is 10.2. The summed E-state index contributed by atoms with van der Waals surface area (Å²) in [6, 6.07) is 11.5. The number of nitrogens with zero attached hydrogens (tertiary/aromatic N) is 5. The van der Waals surface area contributed by atoms with Crippen molar-refractivity contribution in [3.63, 3.8) is 0 Å². The molecule has 8 heteroatoms. The maximum Gasteiger partial charge on any atom is 0.250 e. The average molecular weight is 449 g/mol. The predicted molar refractivity (Wildman–Crippen MR) is 131 cm³/mol. The summed E-state index contributed by atoms with van der Waals surface area (Å²) in [5.41, 5.74) is 5.20. The van der Waals surface area contributed by atoms with E-state index in [1.165, 1.54) is 0 Å². The van der Waals surface area contributed by atoms with E-state index in [1.807, 2.05) is 72.8 Å². The number of aryl methyl sites for hydroxylation is 1. The molecule has 2 heterocycles. The molecule has 0 atom stereocenters. The summed E-state index contributed by atoms with van der Waals surface area (Å²) in [5, 5.41) is 4.04. The lowest BCUT2D eigenvalue weighted by Gasteiger charge is -2.17. The lowest BCUT2D eigenvalue weighted by molar-refractivity contribution is -0.113. The van der Waals surface area contributed by atoms with E-state index < -0.39 is 0 Å². The molecule has 7 nitrogen and oxygen atoms in total. The molecule has 0 fully saturated rings. The van der Waals surface area contributed by atoms with Gasteiger partial charge in [0, 0.05) is 36.1 Å². The number of nitrogens with one attached hydrogen (secondary N) is 1. The van der Waals surface area contributed by atoms with Crippen LogP contribution in [0, 0.1) is 6.92 Å². The SMILES string of the molecule is Cc1ccc(Cl)cc1Nc1nc2ccc(N(C)C(=O)C=CCN(C)C)cc2n2cncc12. The fourth-order valence-electron chi connectivity index (χ4n) is 3.40. The number of hydrogen-bond donors (Lipinski definition) is 1. The van der Waals surface area contributed by atoms with E-state index in [1.54, 1.807) is 30.5 Å². The van der Waals surface area contributed by atoms with Gasteiger partial charge in [-0.1, -0.05) is 23.7 Å². The highest BCUT2D eigenvalue weighted by atomic mass is 35.5. The van der Waals surface area contributed by atoms with Crippen LogP contribution in [-0.2, 0) is 4.79 Å². The fourth-order valence-corrected chi connectivity index (χ4v) is 3.57. The van der Waals surface area contributed by atoms with Gasteiger partial charge in [-0.3, -0.25) is 9.20 Å². The number of rotatable bonds is 6. The van der Waals surface area contributed by atoms with Crippen molar-refractivity contribution < 1.29 is 4.79 Å². The van der Waals surface area contributed by atoms with Crippen LogP contribution in [0.4, 0.5) is 17.2 Å². The van der Waals surface area contributed by atoms with E-state index in [9.17, 15) is 4.79 Å². The second kappa shape index (κ2) is 8.98. The molecular weight excluding hydrogens is 424 g/mol. The van der Waals surface area contributed by atoms with Crippen molar-refractivity contribution in [3.05, 3.63) is 71.7 Å². The molecule has 164 valence electrons. The van der Waals surface area contributed by atoms with Gasteiger partial charge in [0.1, 0.15) is 5.52 Å². The van der Waals surface area contributed by atoms with Crippen LogP contribution in [0.25, 0.3) is 16.6 Å². The molecule has 0 radical (unpaired) electrons. The lowest BCUT2D eigenvalue weighted by Crippen LogP contribution is -2.24. The second-order valence-corrected chi connectivity index (χ2v) is 8.36. The third kappa shape index (κ3) is 4.44. The topological polar surface area (TPSA) is 65.8 Å². The zero-order valence-electron chi connectivity index (χ0n) is 18.5. The summed E-state index contributed by atoms with van der Waals surface area (Å²) < 4.78 is 1.97. The molecule has 4 rings (SSSR count). The van der Waals surface area contributed by atoms with Gasteiger partial charge in [0.05, 0.1) is 23.6 Å². The molecule has 0 spiro atoms. The number of likely N-dealkylation sites (N-methyl/N-ethyl adjacent to an activating group) is 2. The van der Waals surface area contributed by atoms with Crippen LogP contribution in [0.15, 0.2) is 61.1 Å². The molecule has 2 aromatic carbocycles. The number of halogens is 1. The van der Waals surface area contributed by atoms with Crippen LogP contribution in [0.5, 0.6) is 0 Å². The fraction of sp³-hybridized carbons (Fsp3) is 0.208. The molecular formula is C24H25ClN6O. The molecule has 0 unspecified atom stereocenters. The monoisotopic (exact) mass is 448 g/mol. The number of carbonyl (C=O) groups excluding carboxylic acids is 1. The Morgan fingerprint density at radius 2 is 1.97 bits per heavy atom. The quantitative estimate of drug-likeness (QED) is 0.434. The minimum atomic E-state index is -0.0873. The van der Waals surface area contributed by atoms with E-state index in [2.05, 4.69) is 10.3 Å². The molecule has 2 aromatic heterocycles. The molecule has 0 aliphatic heterocycles. The van der Waals surface area contributed by atoms with Crippen LogP contribution >= 0.6 is 11.6 Å². The van der Waals surface area contributed by atoms with Crippen molar-refractivity contribution in [1.82, 2.24) is 19.3 Å². The van der Waals surface area contributed by atoms with E-state index >= 15 is 0 Å². The molecule has 32 heavy (non-hydrogen) atoms. The van der Waals surface area contributed by atoms with Gasteiger partial charge in [0.25, 0.3) is 0 Å². The molecule has 4 aromatic rings. The van der Waals surface area contributed by atoms with E-state index in [4.69, 9.17) is 16.6 Å². The van der Waals surface area contributed by atoms with Crippen molar-refractivity contribution in [2.75, 3.05) is 37.9 Å². The van der Waals surface area contributed by atoms with Gasteiger partial charge in [0.2, 0.25) is 5.91 Å². The highest BCUT2D eigenvalue weighted by molar-refractivity contribution is 6.30. The van der Waals surface area contributed by atoms with Gasteiger partial charge in [-0.2, -0.15) is 0 Å². The Labute approximate surface area is 191 Å². The maximum absolute atomic E-state index is 12.6. The van der Waals surface area contributed by atoms with Crippen molar-refractivity contribution in [1.29, 1.82) is 0 Å². The van der Waals surface area contributed by atoms with Gasteiger partial charge in [-0.05, 0) is 56.9 Å². The Balaban J connectivity index is 1.71. The summed E-state index contributed by atoms with van der Waals surface area (Å²) in [4.78, 5) is 25.3. The molecule has 0 aliphatic rings. The normalized spacial score (nSPS) is 11.7. The molecule has 0 bridgehead atoms. The Morgan fingerprint density at radius 3 is 2.75 bits per heavy atom. The van der Waals surface area contributed by atoms with Crippen molar-refractivity contribution in [2.24, 2.45) is 0 Å². The van der Waals surface area contributed by atoms with Crippen LogP contribution in [0.2, 0.25) is 5.02 Å². The molecule has 0 aliphatic carbocycles. The maximum atomic E-state index is 12.6. The summed E-state index contributed by atoms with van der Waals surface area (Å²) in [6.07, 6.45) is 6.96. The zero-order valence-corrected chi connectivity index (χ0v) is 19.3. The van der Waals surface area contributed by atoms with Crippen LogP contribution < -0.4 is 10.2 Å². The average Bonchev–Trinajstić information content (AvgIpc) is 3.26. The van der Waals surface area contributed by atoms with Crippen molar-refractivity contribution in [2.45, 2.75) is 6.92 Å². The van der Waals surface area contributed by atoms with E-state index in [0.29, 0.717) is 17.4 Å². The minimum absolute atomic E-state index is 0.0873. The van der Waals surface area contributed by atoms with Gasteiger partial charge < -0.3 is 15.1 Å². The Hall–Kier alpha value is -3.42. The van der Waals surface area contributed by atoms with Gasteiger partial charge >= 0.3 is 0 Å². The van der Waals surface area contributed by atoms with Crippen molar-refractivity contribution >= 4 is 51.3 Å². The van der Waals surface area contributed by atoms with Crippen LogP contribution in [0.1, 0.15) is 5.56 Å².